The quantitative estimate of drug-likeness (QED) is 0.743. The normalized spacial score (nSPS) is 16.8. The summed E-state index contributed by atoms with van der Waals surface area (Å²) in [5.41, 5.74) is 1.38. The van der Waals surface area contributed by atoms with Crippen LogP contribution >= 0.6 is 0 Å². The molecule has 0 spiro atoms. The van der Waals surface area contributed by atoms with E-state index in [0.717, 1.165) is 18.9 Å². The lowest BCUT2D eigenvalue weighted by atomic mass is 10.0. The lowest BCUT2D eigenvalue weighted by Gasteiger charge is -2.09. The predicted molar refractivity (Wildman–Crippen MR) is 67.4 cm³/mol. The molecule has 0 bridgehead atoms. The molecule has 1 heterocycles. The molecule has 88 valence electrons. The van der Waals surface area contributed by atoms with Crippen LogP contribution in [0.4, 0.5) is 0 Å². The van der Waals surface area contributed by atoms with Crippen molar-refractivity contribution in [2.75, 3.05) is 13.1 Å². The fraction of sp³-hybridized carbons (Fsp3) is 0.643. The minimum Gasteiger partial charge on any atom is -0.316 e. The van der Waals surface area contributed by atoms with Crippen molar-refractivity contribution in [2.45, 2.75) is 38.5 Å². The monoisotopic (exact) mass is 218 g/mol. The van der Waals surface area contributed by atoms with E-state index in [-0.39, 0.29) is 0 Å². The molecule has 0 amide bonds. The Morgan fingerprint density at radius 3 is 2.62 bits per heavy atom. The maximum absolute atomic E-state index is 4.02. The number of hydrogen-bond acceptors (Lipinski definition) is 2. The summed E-state index contributed by atoms with van der Waals surface area (Å²) in [5, 5.41) is 3.54. The highest BCUT2D eigenvalue weighted by atomic mass is 14.8. The third-order valence-electron chi connectivity index (χ3n) is 3.54. The van der Waals surface area contributed by atoms with Crippen molar-refractivity contribution in [3.8, 4) is 0 Å². The Balaban J connectivity index is 1.52. The highest BCUT2D eigenvalue weighted by Crippen LogP contribution is 2.26. The van der Waals surface area contributed by atoms with Crippen LogP contribution in [0.1, 0.15) is 37.7 Å². The minimum absolute atomic E-state index is 1.01. The number of hydrogen-bond donors (Lipinski definition) is 1. The van der Waals surface area contributed by atoms with Gasteiger partial charge in [0.1, 0.15) is 0 Å². The van der Waals surface area contributed by atoms with Crippen LogP contribution in [0.15, 0.2) is 24.5 Å². The molecule has 0 aliphatic heterocycles. The topological polar surface area (TPSA) is 24.9 Å². The second-order valence-electron chi connectivity index (χ2n) is 4.79. The van der Waals surface area contributed by atoms with Gasteiger partial charge in [0.05, 0.1) is 0 Å². The van der Waals surface area contributed by atoms with Crippen LogP contribution in [0.3, 0.4) is 0 Å². The minimum atomic E-state index is 1.01. The Morgan fingerprint density at radius 2 is 1.88 bits per heavy atom. The molecule has 16 heavy (non-hydrogen) atoms. The Labute approximate surface area is 98.5 Å². The fourth-order valence-electron chi connectivity index (χ4n) is 2.51. The summed E-state index contributed by atoms with van der Waals surface area (Å²) >= 11 is 0. The molecule has 1 aromatic rings. The third-order valence-corrected chi connectivity index (χ3v) is 3.54. The van der Waals surface area contributed by atoms with E-state index < -0.39 is 0 Å². The summed E-state index contributed by atoms with van der Waals surface area (Å²) in [7, 11) is 0. The maximum Gasteiger partial charge on any atom is 0.0270 e. The summed E-state index contributed by atoms with van der Waals surface area (Å²) in [4.78, 5) is 4.02. The summed E-state index contributed by atoms with van der Waals surface area (Å²) in [6, 6.07) is 4.19. The van der Waals surface area contributed by atoms with E-state index in [1.54, 1.807) is 0 Å². The maximum atomic E-state index is 4.02. The van der Waals surface area contributed by atoms with Gasteiger partial charge in [0, 0.05) is 12.4 Å². The average Bonchev–Trinajstić information content (AvgIpc) is 2.83. The number of nitrogens with one attached hydrogen (secondary N) is 1. The van der Waals surface area contributed by atoms with E-state index in [1.165, 1.54) is 44.2 Å². The first kappa shape index (κ1) is 11.6. The Morgan fingerprint density at radius 1 is 1.12 bits per heavy atom. The van der Waals surface area contributed by atoms with Crippen molar-refractivity contribution < 1.29 is 0 Å². The zero-order valence-electron chi connectivity index (χ0n) is 9.99. The average molecular weight is 218 g/mol. The lowest BCUT2D eigenvalue weighted by molar-refractivity contribution is 0.479. The number of nitrogens with zero attached hydrogens (tertiary/aromatic N) is 1. The first-order valence-corrected chi connectivity index (χ1v) is 6.55. The van der Waals surface area contributed by atoms with Crippen molar-refractivity contribution in [3.63, 3.8) is 0 Å². The molecule has 1 N–H and O–H groups in total. The Bertz CT molecular complexity index is 278. The first-order chi connectivity index (χ1) is 7.95. The second kappa shape index (κ2) is 6.64. The number of aromatic nitrogens is 1. The van der Waals surface area contributed by atoms with Crippen molar-refractivity contribution in [3.05, 3.63) is 30.1 Å². The van der Waals surface area contributed by atoms with Crippen molar-refractivity contribution in [1.82, 2.24) is 10.3 Å². The van der Waals surface area contributed by atoms with Crippen LogP contribution < -0.4 is 5.32 Å². The van der Waals surface area contributed by atoms with Crippen molar-refractivity contribution in [2.24, 2.45) is 5.92 Å². The molecule has 2 heteroatoms. The highest BCUT2D eigenvalue weighted by molar-refractivity contribution is 5.09. The van der Waals surface area contributed by atoms with Crippen molar-refractivity contribution >= 4 is 0 Å². The molecular formula is C14H22N2. The van der Waals surface area contributed by atoms with Crippen LogP contribution in [-0.4, -0.2) is 18.1 Å². The summed E-state index contributed by atoms with van der Waals surface area (Å²) < 4.78 is 0. The molecule has 2 rings (SSSR count). The lowest BCUT2D eigenvalue weighted by Crippen LogP contribution is -2.20. The van der Waals surface area contributed by atoms with Gasteiger partial charge in [-0.05, 0) is 49.5 Å². The Kier molecular flexibility index (Phi) is 4.81. The van der Waals surface area contributed by atoms with E-state index in [4.69, 9.17) is 0 Å². The van der Waals surface area contributed by atoms with Gasteiger partial charge in [-0.25, -0.2) is 0 Å². The molecule has 1 saturated carbocycles. The fourth-order valence-corrected chi connectivity index (χ4v) is 2.51. The molecule has 0 saturated heterocycles. The van der Waals surface area contributed by atoms with Crippen molar-refractivity contribution in [1.29, 1.82) is 0 Å². The van der Waals surface area contributed by atoms with Gasteiger partial charge in [0.2, 0.25) is 0 Å². The largest absolute Gasteiger partial charge is 0.316 e. The smallest absolute Gasteiger partial charge is 0.0270 e. The van der Waals surface area contributed by atoms with Gasteiger partial charge < -0.3 is 5.32 Å². The van der Waals surface area contributed by atoms with Crippen LogP contribution in [0.5, 0.6) is 0 Å². The number of rotatable bonds is 6. The molecule has 1 aromatic heterocycles. The van der Waals surface area contributed by atoms with Gasteiger partial charge in [-0.15, -0.1) is 0 Å². The molecule has 1 aliphatic rings. The molecule has 2 nitrogen and oxygen atoms in total. The summed E-state index contributed by atoms with van der Waals surface area (Å²) in [6.45, 7) is 2.28. The molecule has 0 unspecified atom stereocenters. The van der Waals surface area contributed by atoms with Gasteiger partial charge in [-0.1, -0.05) is 25.7 Å². The zero-order chi connectivity index (χ0) is 11.1. The van der Waals surface area contributed by atoms with Gasteiger partial charge in [-0.3, -0.25) is 4.98 Å². The van der Waals surface area contributed by atoms with E-state index in [0.29, 0.717) is 0 Å². The van der Waals surface area contributed by atoms with E-state index in [1.807, 2.05) is 12.4 Å². The molecule has 0 aromatic carbocycles. The molecular weight excluding hydrogens is 196 g/mol. The van der Waals surface area contributed by atoms with Crippen LogP contribution in [-0.2, 0) is 6.42 Å². The standard InChI is InChI=1S/C14H22N2/c1-2-4-13(3-1)5-9-15-10-6-14-7-11-16-12-8-14/h7-8,11-13,15H,1-6,9-10H2. The van der Waals surface area contributed by atoms with Crippen LogP contribution in [0.25, 0.3) is 0 Å². The number of pyridine rings is 1. The Hall–Kier alpha value is -0.890. The third kappa shape index (κ3) is 3.93. The predicted octanol–water partition coefficient (Wildman–Crippen LogP) is 2.79. The molecule has 0 atom stereocenters. The second-order valence-corrected chi connectivity index (χ2v) is 4.79. The van der Waals surface area contributed by atoms with Crippen LogP contribution in [0.2, 0.25) is 0 Å². The van der Waals surface area contributed by atoms with E-state index >= 15 is 0 Å². The SMILES string of the molecule is c1cc(CCNCCC2CCCC2)ccn1. The zero-order valence-corrected chi connectivity index (χ0v) is 9.99. The molecule has 1 fully saturated rings. The van der Waals surface area contributed by atoms with E-state index in [9.17, 15) is 0 Å². The van der Waals surface area contributed by atoms with Gasteiger partial charge in [0.15, 0.2) is 0 Å². The molecule has 1 aliphatic carbocycles. The van der Waals surface area contributed by atoms with Gasteiger partial charge in [-0.2, -0.15) is 0 Å². The van der Waals surface area contributed by atoms with E-state index in [2.05, 4.69) is 22.4 Å². The summed E-state index contributed by atoms with van der Waals surface area (Å²) in [6.07, 6.45) is 12.1. The van der Waals surface area contributed by atoms with Crippen LogP contribution in [0, 0.1) is 5.92 Å². The van der Waals surface area contributed by atoms with Gasteiger partial charge in [0.25, 0.3) is 0 Å². The highest BCUT2D eigenvalue weighted by Gasteiger charge is 2.13. The first-order valence-electron chi connectivity index (χ1n) is 6.55. The summed E-state index contributed by atoms with van der Waals surface area (Å²) in [5.74, 6) is 1.01. The molecule has 0 radical (unpaired) electrons. The van der Waals surface area contributed by atoms with Gasteiger partial charge >= 0.3 is 0 Å².